The lowest BCUT2D eigenvalue weighted by atomic mass is 10.2. The van der Waals surface area contributed by atoms with Crippen LogP contribution in [0.1, 0.15) is 33.1 Å². The summed E-state index contributed by atoms with van der Waals surface area (Å²) in [4.78, 5) is 14.8. The van der Waals surface area contributed by atoms with Crippen LogP contribution < -0.4 is 20.9 Å². The van der Waals surface area contributed by atoms with Crippen molar-refractivity contribution in [3.63, 3.8) is 0 Å². The number of rotatable bonds is 5. The molecule has 1 aromatic rings. The number of nitrogens with two attached hydrogens (primary N) is 1. The van der Waals surface area contributed by atoms with Crippen molar-refractivity contribution in [2.75, 3.05) is 23.5 Å². The van der Waals surface area contributed by atoms with Crippen molar-refractivity contribution < 1.29 is 4.74 Å². The lowest BCUT2D eigenvalue weighted by Crippen LogP contribution is -2.29. The first-order chi connectivity index (χ1) is 8.74. The Morgan fingerprint density at radius 3 is 2.89 bits per heavy atom. The number of hydrazine groups is 1. The number of aromatic nitrogens is 3. The molecule has 1 atom stereocenters. The molecule has 1 aliphatic heterocycles. The first-order valence-electron chi connectivity index (χ1n) is 6.36. The number of nitrogens with zero attached hydrogens (tertiary/aromatic N) is 4. The Bertz CT molecular complexity index is 399. The van der Waals surface area contributed by atoms with Gasteiger partial charge >= 0.3 is 6.01 Å². The second-order valence-corrected chi connectivity index (χ2v) is 4.42. The maximum Gasteiger partial charge on any atom is 0.323 e. The molecule has 0 radical (unpaired) electrons. The van der Waals surface area contributed by atoms with Crippen LogP contribution in [0.2, 0.25) is 0 Å². The average molecular weight is 252 g/mol. The van der Waals surface area contributed by atoms with Gasteiger partial charge in [0.1, 0.15) is 0 Å². The van der Waals surface area contributed by atoms with Crippen LogP contribution in [0.3, 0.4) is 0 Å². The van der Waals surface area contributed by atoms with Crippen molar-refractivity contribution in [1.82, 2.24) is 15.0 Å². The molecule has 7 heteroatoms. The molecule has 1 aliphatic rings. The first-order valence-corrected chi connectivity index (χ1v) is 6.36. The van der Waals surface area contributed by atoms with E-state index in [9.17, 15) is 0 Å². The number of nitrogens with one attached hydrogen (secondary N) is 1. The molecule has 1 saturated heterocycles. The molecule has 0 spiro atoms. The fourth-order valence-corrected chi connectivity index (χ4v) is 2.03. The molecule has 3 N–H and O–H groups in total. The van der Waals surface area contributed by atoms with Gasteiger partial charge in [0.25, 0.3) is 0 Å². The fraction of sp³-hybridized carbons (Fsp3) is 0.727. The molecule has 2 rings (SSSR count). The van der Waals surface area contributed by atoms with Crippen LogP contribution >= 0.6 is 0 Å². The third kappa shape index (κ3) is 2.79. The van der Waals surface area contributed by atoms with E-state index in [4.69, 9.17) is 10.6 Å². The number of ether oxygens (including phenoxy) is 1. The topological polar surface area (TPSA) is 89.2 Å². The predicted molar refractivity (Wildman–Crippen MR) is 69.5 cm³/mol. The van der Waals surface area contributed by atoms with Crippen molar-refractivity contribution in [2.45, 2.75) is 39.2 Å². The minimum Gasteiger partial charge on any atom is -0.463 e. The highest BCUT2D eigenvalue weighted by Crippen LogP contribution is 2.23. The van der Waals surface area contributed by atoms with Gasteiger partial charge in [0.15, 0.2) is 0 Å². The zero-order chi connectivity index (χ0) is 13.0. The van der Waals surface area contributed by atoms with Crippen LogP contribution in [0.25, 0.3) is 0 Å². The summed E-state index contributed by atoms with van der Waals surface area (Å²) in [7, 11) is 0. The van der Waals surface area contributed by atoms with Gasteiger partial charge in [-0.1, -0.05) is 6.92 Å². The molecule has 0 bridgehead atoms. The molecule has 2 heterocycles. The normalized spacial score (nSPS) is 19.1. The maximum atomic E-state index is 5.45. The summed E-state index contributed by atoms with van der Waals surface area (Å²) in [6, 6.07) is 0.769. The van der Waals surface area contributed by atoms with E-state index in [2.05, 4.69) is 32.2 Å². The van der Waals surface area contributed by atoms with Crippen LogP contribution in [-0.2, 0) is 0 Å². The molecule has 18 heavy (non-hydrogen) atoms. The zero-order valence-electron chi connectivity index (χ0n) is 10.9. The molecule has 0 aliphatic carbocycles. The van der Waals surface area contributed by atoms with Gasteiger partial charge in [-0.05, 0) is 26.2 Å². The van der Waals surface area contributed by atoms with Gasteiger partial charge in [0.2, 0.25) is 11.9 Å². The fourth-order valence-electron chi connectivity index (χ4n) is 2.03. The van der Waals surface area contributed by atoms with E-state index in [0.717, 1.165) is 25.8 Å². The van der Waals surface area contributed by atoms with Crippen molar-refractivity contribution in [2.24, 2.45) is 5.84 Å². The second-order valence-electron chi connectivity index (χ2n) is 4.42. The van der Waals surface area contributed by atoms with E-state index < -0.39 is 0 Å². The Kier molecular flexibility index (Phi) is 4.14. The molecule has 0 aromatic carbocycles. The first kappa shape index (κ1) is 12.8. The van der Waals surface area contributed by atoms with Crippen molar-refractivity contribution >= 4 is 11.9 Å². The number of hydrogen-bond donors (Lipinski definition) is 2. The van der Waals surface area contributed by atoms with Crippen LogP contribution in [0, 0.1) is 0 Å². The van der Waals surface area contributed by atoms with Crippen molar-refractivity contribution in [3.05, 3.63) is 0 Å². The summed E-state index contributed by atoms with van der Waals surface area (Å²) in [6.45, 7) is 5.75. The van der Waals surface area contributed by atoms with E-state index in [0.29, 0.717) is 30.6 Å². The second kappa shape index (κ2) is 5.81. The van der Waals surface area contributed by atoms with Gasteiger partial charge < -0.3 is 9.64 Å². The third-order valence-corrected chi connectivity index (χ3v) is 2.98. The van der Waals surface area contributed by atoms with Gasteiger partial charge in [0.05, 0.1) is 6.61 Å². The van der Waals surface area contributed by atoms with Crippen molar-refractivity contribution in [1.29, 1.82) is 0 Å². The van der Waals surface area contributed by atoms with E-state index in [1.165, 1.54) is 0 Å². The average Bonchev–Trinajstić information content (AvgIpc) is 2.82. The molecular weight excluding hydrogens is 232 g/mol. The van der Waals surface area contributed by atoms with Gasteiger partial charge in [0, 0.05) is 12.6 Å². The molecule has 100 valence electrons. The largest absolute Gasteiger partial charge is 0.463 e. The number of nitrogen functional groups attached to an aromatic ring is 1. The Hall–Kier alpha value is -1.63. The highest BCUT2D eigenvalue weighted by atomic mass is 16.5. The minimum absolute atomic E-state index is 0.328. The summed E-state index contributed by atoms with van der Waals surface area (Å²) in [5, 5.41) is 0. The summed E-state index contributed by atoms with van der Waals surface area (Å²) in [6.07, 6.45) is 3.22. The molecule has 0 amide bonds. The maximum absolute atomic E-state index is 5.45. The highest BCUT2D eigenvalue weighted by Gasteiger charge is 2.24. The Morgan fingerprint density at radius 1 is 1.44 bits per heavy atom. The monoisotopic (exact) mass is 252 g/mol. The van der Waals surface area contributed by atoms with E-state index in [-0.39, 0.29) is 0 Å². The lowest BCUT2D eigenvalue weighted by molar-refractivity contribution is 0.291. The molecule has 7 nitrogen and oxygen atoms in total. The third-order valence-electron chi connectivity index (χ3n) is 2.98. The SMILES string of the molecule is CCCOc1nc(NN)nc(N2CCCC2C)n1. The van der Waals surface area contributed by atoms with Crippen LogP contribution in [0.4, 0.5) is 11.9 Å². The Morgan fingerprint density at radius 2 is 2.28 bits per heavy atom. The van der Waals surface area contributed by atoms with Crippen LogP contribution in [-0.4, -0.2) is 34.1 Å². The molecule has 1 fully saturated rings. The van der Waals surface area contributed by atoms with Crippen LogP contribution in [0.15, 0.2) is 0 Å². The summed E-state index contributed by atoms with van der Waals surface area (Å²) in [5.74, 6) is 6.34. The molecule has 0 saturated carbocycles. The van der Waals surface area contributed by atoms with Gasteiger partial charge in [-0.3, -0.25) is 5.43 Å². The molecule has 1 aromatic heterocycles. The Balaban J connectivity index is 2.22. The Labute approximate surface area is 107 Å². The minimum atomic E-state index is 0.328. The smallest absolute Gasteiger partial charge is 0.323 e. The molecular formula is C11H20N6O. The van der Waals surface area contributed by atoms with E-state index >= 15 is 0 Å². The quantitative estimate of drug-likeness (QED) is 0.595. The standard InChI is InChI=1S/C11H20N6O/c1-3-7-18-11-14-9(16-12)13-10(15-11)17-6-4-5-8(17)2/h8H,3-7,12H2,1-2H3,(H,13,14,15,16). The van der Waals surface area contributed by atoms with Gasteiger partial charge in [-0.2, -0.15) is 15.0 Å². The van der Waals surface area contributed by atoms with Gasteiger partial charge in [-0.25, -0.2) is 5.84 Å². The zero-order valence-corrected chi connectivity index (χ0v) is 10.9. The predicted octanol–water partition coefficient (Wildman–Crippen LogP) is 0.935. The lowest BCUT2D eigenvalue weighted by Gasteiger charge is -2.21. The number of anilines is 2. The summed E-state index contributed by atoms with van der Waals surface area (Å²) in [5.41, 5.74) is 2.45. The molecule has 1 unspecified atom stereocenters. The van der Waals surface area contributed by atoms with Crippen LogP contribution in [0.5, 0.6) is 6.01 Å². The summed E-state index contributed by atoms with van der Waals surface area (Å²) >= 11 is 0. The number of hydrogen-bond acceptors (Lipinski definition) is 7. The highest BCUT2D eigenvalue weighted by molar-refractivity contribution is 5.39. The van der Waals surface area contributed by atoms with Crippen molar-refractivity contribution in [3.8, 4) is 6.01 Å². The van der Waals surface area contributed by atoms with E-state index in [1.54, 1.807) is 0 Å². The van der Waals surface area contributed by atoms with E-state index in [1.807, 2.05) is 6.92 Å². The van der Waals surface area contributed by atoms with Gasteiger partial charge in [-0.15, -0.1) is 0 Å². The summed E-state index contributed by atoms with van der Waals surface area (Å²) < 4.78 is 5.45.